The molecule has 0 radical (unpaired) electrons. The van der Waals surface area contributed by atoms with E-state index in [1.807, 2.05) is 38.2 Å². The van der Waals surface area contributed by atoms with Gasteiger partial charge in [0.1, 0.15) is 5.82 Å². The Morgan fingerprint density at radius 2 is 1.78 bits per heavy atom. The summed E-state index contributed by atoms with van der Waals surface area (Å²) in [4.78, 5) is 9.55. The Bertz CT molecular complexity index is 1400. The van der Waals surface area contributed by atoms with Gasteiger partial charge in [0.05, 0.1) is 17.9 Å². The third-order valence-electron chi connectivity index (χ3n) is 7.15. The zero-order chi connectivity index (χ0) is 30.4. The van der Waals surface area contributed by atoms with Crippen LogP contribution in [-0.2, 0) is 12.8 Å². The molecule has 1 atom stereocenters. The minimum atomic E-state index is -0.250. The van der Waals surface area contributed by atoms with Crippen LogP contribution in [0.1, 0.15) is 81.8 Å². The van der Waals surface area contributed by atoms with Gasteiger partial charge in [0.2, 0.25) is 0 Å². The molecule has 2 heterocycles. The zero-order valence-electron chi connectivity index (χ0n) is 25.8. The molecule has 0 fully saturated rings. The molecule has 2 aromatic heterocycles. The van der Waals surface area contributed by atoms with E-state index in [2.05, 4.69) is 81.0 Å². The van der Waals surface area contributed by atoms with E-state index < -0.39 is 0 Å². The molecular formula is C35H47FN4O. The second-order valence-electron chi connectivity index (χ2n) is 9.57. The van der Waals surface area contributed by atoms with Crippen molar-refractivity contribution in [1.29, 1.82) is 0 Å². The third-order valence-corrected chi connectivity index (χ3v) is 7.15. The number of nitrogens with one attached hydrogen (secondary N) is 1. The predicted octanol–water partition coefficient (Wildman–Crippen LogP) is 7.93. The van der Waals surface area contributed by atoms with E-state index in [0.717, 1.165) is 54.0 Å². The van der Waals surface area contributed by atoms with Gasteiger partial charge in [-0.25, -0.2) is 4.39 Å². The number of aryl methyl sites for hydroxylation is 1. The second-order valence-corrected chi connectivity index (χ2v) is 9.57. The molecule has 5 nitrogen and oxygen atoms in total. The summed E-state index contributed by atoms with van der Waals surface area (Å²) in [6.45, 7) is 15.4. The fourth-order valence-electron chi connectivity index (χ4n) is 4.96. The third kappa shape index (κ3) is 8.69. The average molecular weight is 559 g/mol. The Morgan fingerprint density at radius 3 is 2.39 bits per heavy atom. The van der Waals surface area contributed by atoms with E-state index in [9.17, 15) is 4.39 Å². The van der Waals surface area contributed by atoms with Crippen molar-refractivity contribution in [1.82, 2.24) is 15.3 Å². The highest BCUT2D eigenvalue weighted by Crippen LogP contribution is 2.31. The van der Waals surface area contributed by atoms with E-state index in [-0.39, 0.29) is 12.5 Å². The maximum Gasteiger partial charge on any atom is 0.123 e. The molecule has 0 aliphatic heterocycles. The quantitative estimate of drug-likeness (QED) is 0.182. The topological polar surface area (TPSA) is 84.1 Å². The zero-order valence-corrected chi connectivity index (χ0v) is 25.8. The molecule has 0 bridgehead atoms. The van der Waals surface area contributed by atoms with Gasteiger partial charge in [0, 0.05) is 47.1 Å². The first-order chi connectivity index (χ1) is 19.9. The standard InChI is InChI=1S/C32H36FN3.C2H6.CH5NO/c1-6-21(4)29-20-25(36-32(22(29)5)23-11-13-24(33)14-12-23)17-19-35-30(8-3)28-15-16-31-27(26(28)7-2)10-9-18-34-31;1-2;2-1-3/h8-16,18,20-21,35H,6-7,17,19H2,1-5H3;1-2H3;3H,1-2H2/b30-8-;;. The predicted molar refractivity (Wildman–Crippen MR) is 172 cm³/mol. The number of allylic oxidation sites excluding steroid dienone is 1. The van der Waals surface area contributed by atoms with E-state index in [0.29, 0.717) is 5.92 Å². The van der Waals surface area contributed by atoms with Crippen LogP contribution in [0.2, 0.25) is 0 Å². The molecule has 1 unspecified atom stereocenters. The smallest absolute Gasteiger partial charge is 0.123 e. The number of aliphatic hydroxyl groups is 1. The minimum absolute atomic E-state index is 0.228. The van der Waals surface area contributed by atoms with E-state index in [1.165, 1.54) is 39.8 Å². The normalized spacial score (nSPS) is 11.7. The van der Waals surface area contributed by atoms with Crippen molar-refractivity contribution in [3.63, 3.8) is 0 Å². The summed E-state index contributed by atoms with van der Waals surface area (Å²) < 4.78 is 13.6. The number of nitrogens with zero attached hydrogens (tertiary/aromatic N) is 2. The Morgan fingerprint density at radius 1 is 1.10 bits per heavy atom. The first-order valence-corrected chi connectivity index (χ1v) is 14.7. The molecule has 2 aromatic carbocycles. The molecule has 4 rings (SSSR count). The monoisotopic (exact) mass is 558 g/mol. The average Bonchev–Trinajstić information content (AvgIpc) is 3.01. The molecule has 4 aromatic rings. The fourth-order valence-corrected chi connectivity index (χ4v) is 4.96. The lowest BCUT2D eigenvalue weighted by Crippen LogP contribution is -2.18. The molecular weight excluding hydrogens is 511 g/mol. The van der Waals surface area contributed by atoms with Crippen molar-refractivity contribution >= 4 is 16.6 Å². The minimum Gasteiger partial charge on any atom is -0.384 e. The largest absolute Gasteiger partial charge is 0.384 e. The van der Waals surface area contributed by atoms with Crippen LogP contribution in [0.4, 0.5) is 4.39 Å². The first kappa shape index (κ1) is 33.6. The van der Waals surface area contributed by atoms with Gasteiger partial charge in [0.25, 0.3) is 0 Å². The highest BCUT2D eigenvalue weighted by Gasteiger charge is 2.16. The highest BCUT2D eigenvalue weighted by molar-refractivity contribution is 5.87. The van der Waals surface area contributed by atoms with Crippen molar-refractivity contribution < 1.29 is 9.50 Å². The number of hydrogen-bond donors (Lipinski definition) is 3. The van der Waals surface area contributed by atoms with Gasteiger partial charge in [0.15, 0.2) is 0 Å². The van der Waals surface area contributed by atoms with Crippen LogP contribution in [0.25, 0.3) is 27.9 Å². The molecule has 0 spiro atoms. The molecule has 0 aliphatic carbocycles. The maximum atomic E-state index is 13.6. The lowest BCUT2D eigenvalue weighted by Gasteiger charge is -2.19. The number of rotatable bonds is 9. The molecule has 4 N–H and O–H groups in total. The fraction of sp³-hybridized carbons (Fsp3) is 0.371. The Hall–Kier alpha value is -3.61. The van der Waals surface area contributed by atoms with Crippen LogP contribution in [-0.4, -0.2) is 28.4 Å². The number of benzene rings is 2. The van der Waals surface area contributed by atoms with Gasteiger partial charge in [-0.15, -0.1) is 0 Å². The molecule has 41 heavy (non-hydrogen) atoms. The van der Waals surface area contributed by atoms with Crippen molar-refractivity contribution in [2.24, 2.45) is 5.73 Å². The van der Waals surface area contributed by atoms with Crippen molar-refractivity contribution in [3.05, 3.63) is 101 Å². The molecule has 220 valence electrons. The van der Waals surface area contributed by atoms with Gasteiger partial charge in [-0.1, -0.05) is 52.8 Å². The molecule has 0 saturated heterocycles. The van der Waals surface area contributed by atoms with Crippen molar-refractivity contribution in [2.75, 3.05) is 13.3 Å². The summed E-state index contributed by atoms with van der Waals surface area (Å²) in [5.74, 6) is 0.206. The summed E-state index contributed by atoms with van der Waals surface area (Å²) >= 11 is 0. The summed E-state index contributed by atoms with van der Waals surface area (Å²) in [6, 6.07) is 17.4. The van der Waals surface area contributed by atoms with Crippen LogP contribution in [0.15, 0.2) is 66.9 Å². The van der Waals surface area contributed by atoms with Crippen LogP contribution in [0.3, 0.4) is 0 Å². The number of fused-ring (bicyclic) bond motifs is 1. The van der Waals surface area contributed by atoms with Crippen LogP contribution in [0, 0.1) is 12.7 Å². The van der Waals surface area contributed by atoms with Crippen LogP contribution in [0.5, 0.6) is 0 Å². The van der Waals surface area contributed by atoms with Gasteiger partial charge in [-0.05, 0) is 91.8 Å². The Kier molecular flexibility index (Phi) is 14.1. The van der Waals surface area contributed by atoms with E-state index in [1.54, 1.807) is 0 Å². The SMILES string of the molecule is C/C=C(\NCCc1cc(C(C)CC)c(C)c(-c2ccc(F)cc2)n1)c1ccc2ncccc2c1CC.CC.NCO. The maximum absolute atomic E-state index is 13.6. The Balaban J connectivity index is 0.00000110. The Labute approximate surface area is 245 Å². The first-order valence-electron chi connectivity index (χ1n) is 14.7. The van der Waals surface area contributed by atoms with Crippen LogP contribution >= 0.6 is 0 Å². The summed E-state index contributed by atoms with van der Waals surface area (Å²) in [7, 11) is 0. The number of aromatic nitrogens is 2. The lowest BCUT2D eigenvalue weighted by atomic mass is 9.91. The number of hydrogen-bond acceptors (Lipinski definition) is 5. The summed E-state index contributed by atoms with van der Waals surface area (Å²) in [5.41, 5.74) is 14.6. The van der Waals surface area contributed by atoms with E-state index >= 15 is 0 Å². The van der Waals surface area contributed by atoms with Crippen molar-refractivity contribution in [2.45, 2.75) is 73.6 Å². The molecule has 0 saturated carbocycles. The lowest BCUT2D eigenvalue weighted by molar-refractivity contribution is 0.307. The highest BCUT2D eigenvalue weighted by atomic mass is 19.1. The van der Waals surface area contributed by atoms with Gasteiger partial charge in [-0.3, -0.25) is 9.97 Å². The number of aliphatic hydroxyl groups excluding tert-OH is 1. The second kappa shape index (κ2) is 17.3. The molecule has 6 heteroatoms. The van der Waals surface area contributed by atoms with Gasteiger partial charge in [-0.2, -0.15) is 0 Å². The summed E-state index contributed by atoms with van der Waals surface area (Å²) in [5, 5.41) is 12.2. The van der Waals surface area contributed by atoms with Gasteiger partial charge < -0.3 is 16.2 Å². The molecule has 0 aliphatic rings. The number of halogens is 1. The molecule has 0 amide bonds. The number of pyridine rings is 2. The van der Waals surface area contributed by atoms with Crippen molar-refractivity contribution in [3.8, 4) is 11.3 Å². The number of nitrogens with two attached hydrogens (primary N) is 1. The van der Waals surface area contributed by atoms with E-state index in [4.69, 9.17) is 10.1 Å². The van der Waals surface area contributed by atoms with Gasteiger partial charge >= 0.3 is 0 Å². The summed E-state index contributed by atoms with van der Waals surface area (Å²) in [6.07, 6.45) is 6.79. The van der Waals surface area contributed by atoms with Crippen LogP contribution < -0.4 is 11.1 Å².